The fraction of sp³-hybridized carbons (Fsp3) is 0.417. The van der Waals surface area contributed by atoms with Crippen LogP contribution in [0.2, 0.25) is 0 Å². The number of amides is 3. The molecule has 0 aliphatic carbocycles. The summed E-state index contributed by atoms with van der Waals surface area (Å²) in [7, 11) is 0. The number of nitrogens with zero attached hydrogens (tertiary/aromatic N) is 1. The van der Waals surface area contributed by atoms with Gasteiger partial charge >= 0.3 is 0 Å². The van der Waals surface area contributed by atoms with Crippen molar-refractivity contribution in [3.63, 3.8) is 0 Å². The minimum Gasteiger partial charge on any atom is -0.349 e. The first-order valence-electron chi connectivity index (χ1n) is 15.4. The average Bonchev–Trinajstić information content (AvgIpc) is 3.00. The first kappa shape index (κ1) is 33.5. The number of nitrogens with one attached hydrogen (secondary N) is 2. The van der Waals surface area contributed by atoms with E-state index in [-0.39, 0.29) is 47.3 Å². The van der Waals surface area contributed by atoms with Gasteiger partial charge in [-0.1, -0.05) is 71.0 Å². The van der Waals surface area contributed by atoms with Gasteiger partial charge in [-0.3, -0.25) is 14.4 Å². The zero-order valence-electron chi connectivity index (χ0n) is 26.1. The Balaban J connectivity index is 1.80. The summed E-state index contributed by atoms with van der Waals surface area (Å²) in [6, 6.07) is 22.4. The number of benzene rings is 3. The minimum atomic E-state index is -0.360. The van der Waals surface area contributed by atoms with Crippen LogP contribution < -0.4 is 10.6 Å². The third-order valence-corrected chi connectivity index (χ3v) is 7.83. The van der Waals surface area contributed by atoms with Crippen molar-refractivity contribution in [2.24, 2.45) is 17.8 Å². The van der Waals surface area contributed by atoms with Crippen molar-refractivity contribution >= 4 is 23.4 Å². The van der Waals surface area contributed by atoms with Crippen molar-refractivity contribution in [3.8, 4) is 0 Å². The van der Waals surface area contributed by atoms with Gasteiger partial charge in [0.1, 0.15) is 5.82 Å². The lowest BCUT2D eigenvalue weighted by molar-refractivity contribution is -0.121. The molecule has 0 bridgehead atoms. The van der Waals surface area contributed by atoms with Crippen LogP contribution >= 0.6 is 0 Å². The molecule has 0 aliphatic heterocycles. The van der Waals surface area contributed by atoms with E-state index in [0.717, 1.165) is 18.4 Å². The van der Waals surface area contributed by atoms with Gasteiger partial charge in [-0.25, -0.2) is 4.39 Å². The fourth-order valence-corrected chi connectivity index (χ4v) is 5.36. The van der Waals surface area contributed by atoms with Crippen LogP contribution in [0.25, 0.3) is 0 Å². The largest absolute Gasteiger partial charge is 0.349 e. The maximum Gasteiger partial charge on any atom is 0.253 e. The fourth-order valence-electron chi connectivity index (χ4n) is 5.36. The Hall–Kier alpha value is -4.00. The highest BCUT2D eigenvalue weighted by molar-refractivity contribution is 5.99. The molecule has 3 aromatic rings. The molecule has 43 heavy (non-hydrogen) atoms. The van der Waals surface area contributed by atoms with Crippen LogP contribution in [0.1, 0.15) is 80.2 Å². The summed E-state index contributed by atoms with van der Waals surface area (Å²) >= 11 is 0. The van der Waals surface area contributed by atoms with Crippen molar-refractivity contribution in [1.29, 1.82) is 0 Å². The molecule has 0 heterocycles. The van der Waals surface area contributed by atoms with E-state index in [1.54, 1.807) is 36.4 Å². The summed E-state index contributed by atoms with van der Waals surface area (Å²) < 4.78 is 13.4. The van der Waals surface area contributed by atoms with Crippen LogP contribution in [-0.4, -0.2) is 41.8 Å². The second-order valence-electron chi connectivity index (χ2n) is 11.7. The SMILES string of the molecule is CCCN(CCC)C(=O)c1cccc(C(=O)N[C@@H](Cc2ccccc2)[C@@H](C)C[C@H](C(=O)Nc2ccc(F)cc2)C(C)C)c1. The summed E-state index contributed by atoms with van der Waals surface area (Å²) in [5, 5.41) is 6.16. The van der Waals surface area contributed by atoms with Gasteiger partial charge in [0.25, 0.3) is 11.8 Å². The quantitative estimate of drug-likeness (QED) is 0.195. The molecule has 3 amide bonds. The molecule has 0 spiro atoms. The zero-order chi connectivity index (χ0) is 31.4. The third-order valence-electron chi connectivity index (χ3n) is 7.83. The number of carbonyl (C=O) groups excluding carboxylic acids is 3. The van der Waals surface area contributed by atoms with E-state index >= 15 is 0 Å². The molecule has 0 unspecified atom stereocenters. The predicted octanol–water partition coefficient (Wildman–Crippen LogP) is 7.37. The molecular weight excluding hydrogens is 541 g/mol. The second kappa shape index (κ2) is 16.6. The van der Waals surface area contributed by atoms with Gasteiger partial charge in [-0.15, -0.1) is 0 Å². The molecule has 230 valence electrons. The lowest BCUT2D eigenvalue weighted by Gasteiger charge is -2.30. The summed E-state index contributed by atoms with van der Waals surface area (Å²) in [4.78, 5) is 42.0. The van der Waals surface area contributed by atoms with Crippen molar-refractivity contribution in [2.45, 2.75) is 66.3 Å². The lowest BCUT2D eigenvalue weighted by Crippen LogP contribution is -2.43. The molecule has 6 nitrogen and oxygen atoms in total. The molecular formula is C36H46FN3O3. The number of carbonyl (C=O) groups is 3. The Labute approximate surface area is 256 Å². The van der Waals surface area contributed by atoms with Crippen molar-refractivity contribution in [3.05, 3.63) is 101 Å². The molecule has 3 rings (SSSR count). The zero-order valence-corrected chi connectivity index (χ0v) is 26.1. The first-order valence-corrected chi connectivity index (χ1v) is 15.4. The van der Waals surface area contributed by atoms with Crippen molar-refractivity contribution < 1.29 is 18.8 Å². The van der Waals surface area contributed by atoms with E-state index in [2.05, 4.69) is 17.6 Å². The molecule has 2 N–H and O–H groups in total. The van der Waals surface area contributed by atoms with Gasteiger partial charge in [0.2, 0.25) is 5.91 Å². The Morgan fingerprint density at radius 3 is 2.05 bits per heavy atom. The highest BCUT2D eigenvalue weighted by Gasteiger charge is 2.29. The van der Waals surface area contributed by atoms with Crippen LogP contribution in [-0.2, 0) is 11.2 Å². The maximum absolute atomic E-state index is 13.6. The van der Waals surface area contributed by atoms with Gasteiger partial charge in [0.05, 0.1) is 0 Å². The van der Waals surface area contributed by atoms with E-state index < -0.39 is 0 Å². The highest BCUT2D eigenvalue weighted by atomic mass is 19.1. The van der Waals surface area contributed by atoms with Crippen molar-refractivity contribution in [1.82, 2.24) is 10.2 Å². The second-order valence-corrected chi connectivity index (χ2v) is 11.7. The number of anilines is 1. The molecule has 0 radical (unpaired) electrons. The van der Waals surface area contributed by atoms with Crippen LogP contribution in [0.15, 0.2) is 78.9 Å². The normalized spacial score (nSPS) is 13.2. The summed E-state index contributed by atoms with van der Waals surface area (Å²) in [5.41, 5.74) is 2.55. The van der Waals surface area contributed by atoms with Gasteiger partial charge in [0.15, 0.2) is 0 Å². The van der Waals surface area contributed by atoms with E-state index in [0.29, 0.717) is 42.7 Å². The molecule has 0 aliphatic rings. The lowest BCUT2D eigenvalue weighted by atomic mass is 9.81. The van der Waals surface area contributed by atoms with Crippen LogP contribution in [0.4, 0.5) is 10.1 Å². The van der Waals surface area contributed by atoms with E-state index in [1.165, 1.54) is 12.1 Å². The molecule has 0 saturated carbocycles. The number of rotatable bonds is 15. The molecule has 0 aromatic heterocycles. The predicted molar refractivity (Wildman–Crippen MR) is 171 cm³/mol. The van der Waals surface area contributed by atoms with E-state index in [9.17, 15) is 18.8 Å². The Morgan fingerprint density at radius 2 is 1.44 bits per heavy atom. The van der Waals surface area contributed by atoms with Gasteiger partial charge in [-0.2, -0.15) is 0 Å². The standard InChI is InChI=1S/C36H46FN3O3/c1-6-20-40(21-7-2)36(43)29-15-11-14-28(24-29)34(41)39-33(23-27-12-9-8-10-13-27)26(5)22-32(25(3)4)35(42)38-31-18-16-30(37)17-19-31/h8-19,24-26,32-33H,6-7,20-23H2,1-5H3,(H,38,42)(H,39,41)/t26-,32-,33-/m0/s1. The minimum absolute atomic E-state index is 0.0489. The average molecular weight is 588 g/mol. The summed E-state index contributed by atoms with van der Waals surface area (Å²) in [6.07, 6.45) is 2.87. The van der Waals surface area contributed by atoms with Gasteiger partial charge in [-0.05, 0) is 85.5 Å². The number of halogens is 1. The Morgan fingerprint density at radius 1 is 0.814 bits per heavy atom. The monoisotopic (exact) mass is 587 g/mol. The van der Waals surface area contributed by atoms with Crippen molar-refractivity contribution in [2.75, 3.05) is 18.4 Å². The van der Waals surface area contributed by atoms with E-state index in [4.69, 9.17) is 0 Å². The highest BCUT2D eigenvalue weighted by Crippen LogP contribution is 2.26. The molecule has 0 fully saturated rings. The number of hydrogen-bond donors (Lipinski definition) is 2. The molecule has 3 atom stereocenters. The number of hydrogen-bond acceptors (Lipinski definition) is 3. The molecule has 0 saturated heterocycles. The first-order chi connectivity index (χ1) is 20.6. The third kappa shape index (κ3) is 10.1. The van der Waals surface area contributed by atoms with Gasteiger partial charge in [0, 0.05) is 41.9 Å². The Bertz CT molecular complexity index is 1320. The topological polar surface area (TPSA) is 78.5 Å². The van der Waals surface area contributed by atoms with Crippen LogP contribution in [0.5, 0.6) is 0 Å². The smallest absolute Gasteiger partial charge is 0.253 e. The maximum atomic E-state index is 13.6. The Kier molecular flexibility index (Phi) is 12.9. The summed E-state index contributed by atoms with van der Waals surface area (Å²) in [5.74, 6) is -1.14. The van der Waals surface area contributed by atoms with E-state index in [1.807, 2.05) is 62.9 Å². The van der Waals surface area contributed by atoms with Gasteiger partial charge < -0.3 is 15.5 Å². The summed E-state index contributed by atoms with van der Waals surface area (Å²) in [6.45, 7) is 11.5. The van der Waals surface area contributed by atoms with Crippen LogP contribution in [0, 0.1) is 23.6 Å². The molecule has 3 aromatic carbocycles. The van der Waals surface area contributed by atoms with Crippen LogP contribution in [0.3, 0.4) is 0 Å². The molecule has 7 heteroatoms.